The number of carbonyl (C=O) groups excluding carboxylic acids is 1. The van der Waals surface area contributed by atoms with Gasteiger partial charge in [-0.05, 0) is 96.2 Å². The van der Waals surface area contributed by atoms with Crippen molar-refractivity contribution in [2.75, 3.05) is 30.2 Å². The predicted octanol–water partition coefficient (Wildman–Crippen LogP) is 4.67. The molecule has 4 aromatic rings. The van der Waals surface area contributed by atoms with Crippen molar-refractivity contribution in [2.45, 2.75) is 44.4 Å². The van der Waals surface area contributed by atoms with Crippen molar-refractivity contribution >= 4 is 44.3 Å². The number of halogens is 1. The molecule has 41 heavy (non-hydrogen) atoms. The van der Waals surface area contributed by atoms with Crippen LogP contribution in [0.5, 0.6) is 0 Å². The van der Waals surface area contributed by atoms with E-state index < -0.39 is 26.5 Å². The molecule has 12 heteroatoms. The number of fused-ring (bicyclic) bond motifs is 1. The summed E-state index contributed by atoms with van der Waals surface area (Å²) in [4.78, 5) is 23.8. The minimum atomic E-state index is -3.59. The number of anilines is 3. The van der Waals surface area contributed by atoms with E-state index in [2.05, 4.69) is 30.2 Å². The molecule has 10 nitrogen and oxygen atoms in total. The molecule has 2 aromatic carbocycles. The third-order valence-electron chi connectivity index (χ3n) is 7.13. The van der Waals surface area contributed by atoms with Crippen LogP contribution in [0, 0.1) is 5.82 Å². The van der Waals surface area contributed by atoms with Crippen LogP contribution in [-0.2, 0) is 10.0 Å². The third kappa shape index (κ3) is 6.33. The van der Waals surface area contributed by atoms with E-state index in [1.165, 1.54) is 12.1 Å². The highest BCUT2D eigenvalue weighted by atomic mass is 32.2. The first-order chi connectivity index (χ1) is 19.4. The summed E-state index contributed by atoms with van der Waals surface area (Å²) in [7, 11) is -1.55. The lowest BCUT2D eigenvalue weighted by Crippen LogP contribution is -2.43. The largest absolute Gasteiger partial charge is 0.349 e. The minimum Gasteiger partial charge on any atom is -0.349 e. The number of sulfonamides is 1. The fraction of sp³-hybridized carbons (Fsp3) is 0.345. The Labute approximate surface area is 239 Å². The van der Waals surface area contributed by atoms with E-state index in [-0.39, 0.29) is 17.6 Å². The fourth-order valence-corrected chi connectivity index (χ4v) is 5.28. The van der Waals surface area contributed by atoms with Gasteiger partial charge < -0.3 is 20.1 Å². The molecule has 1 saturated heterocycles. The molecule has 0 radical (unpaired) electrons. The highest BCUT2D eigenvalue weighted by Gasteiger charge is 2.29. The molecule has 1 fully saturated rings. The Morgan fingerprint density at radius 1 is 1.05 bits per heavy atom. The van der Waals surface area contributed by atoms with Crippen LogP contribution in [0.15, 0.2) is 60.9 Å². The summed E-state index contributed by atoms with van der Waals surface area (Å²) in [5.74, 6) is -0.824. The zero-order chi connectivity index (χ0) is 29.4. The summed E-state index contributed by atoms with van der Waals surface area (Å²) < 4.78 is 43.7. The van der Waals surface area contributed by atoms with Crippen LogP contribution in [0.1, 0.15) is 44.0 Å². The number of nitrogens with one attached hydrogen (secondary N) is 3. The molecule has 5 rings (SSSR count). The Hall–Kier alpha value is -4.03. The van der Waals surface area contributed by atoms with Gasteiger partial charge in [0.15, 0.2) is 0 Å². The van der Waals surface area contributed by atoms with E-state index in [4.69, 9.17) is 0 Å². The maximum absolute atomic E-state index is 14.9. The van der Waals surface area contributed by atoms with Gasteiger partial charge in [0.2, 0.25) is 16.0 Å². The first kappa shape index (κ1) is 28.5. The molecule has 1 aliphatic rings. The van der Waals surface area contributed by atoms with E-state index in [0.717, 1.165) is 31.3 Å². The standard InChI is InChI=1S/C29H34FN7O3S/c1-29(2,3)41(39,40)35-22-6-5-7-23(16-22)37-15-10-19-18-31-28(34-26(19)37)33-21-8-9-24(25(30)17-21)27(38)32-20-11-13-36(4)14-12-20/h5-10,15-18,20,35H,11-14H2,1-4H3,(H,32,38)(H,31,33,34). The zero-order valence-electron chi connectivity index (χ0n) is 23.5. The van der Waals surface area contributed by atoms with Crippen molar-refractivity contribution in [1.29, 1.82) is 0 Å². The molecule has 3 heterocycles. The van der Waals surface area contributed by atoms with Gasteiger partial charge in [-0.1, -0.05) is 6.07 Å². The highest BCUT2D eigenvalue weighted by Crippen LogP contribution is 2.25. The third-order valence-corrected chi connectivity index (χ3v) is 9.25. The van der Waals surface area contributed by atoms with Crippen molar-refractivity contribution < 1.29 is 17.6 Å². The average molecular weight is 580 g/mol. The van der Waals surface area contributed by atoms with Crippen molar-refractivity contribution in [3.8, 4) is 5.69 Å². The summed E-state index contributed by atoms with van der Waals surface area (Å²) in [6.07, 6.45) is 5.13. The molecule has 0 unspecified atom stereocenters. The summed E-state index contributed by atoms with van der Waals surface area (Å²) in [6.45, 7) is 6.69. The molecule has 0 aliphatic carbocycles. The first-order valence-electron chi connectivity index (χ1n) is 13.4. The monoisotopic (exact) mass is 579 g/mol. The topological polar surface area (TPSA) is 121 Å². The molecule has 0 bridgehead atoms. The Bertz CT molecular complexity index is 1690. The second-order valence-electron chi connectivity index (χ2n) is 11.3. The smallest absolute Gasteiger partial charge is 0.254 e. The van der Waals surface area contributed by atoms with Gasteiger partial charge in [0.25, 0.3) is 5.91 Å². The van der Waals surface area contributed by atoms with Gasteiger partial charge in [0.1, 0.15) is 11.5 Å². The lowest BCUT2D eigenvalue weighted by Gasteiger charge is -2.29. The predicted molar refractivity (Wildman–Crippen MR) is 159 cm³/mol. The zero-order valence-corrected chi connectivity index (χ0v) is 24.3. The number of likely N-dealkylation sites (tertiary alicyclic amines) is 1. The SMILES string of the molecule is CN1CCC(NC(=O)c2ccc(Nc3ncc4ccn(-c5cccc(NS(=O)(=O)C(C)(C)C)c5)c4n3)cc2F)CC1. The van der Waals surface area contributed by atoms with Crippen LogP contribution >= 0.6 is 0 Å². The Balaban J connectivity index is 1.34. The van der Waals surface area contributed by atoms with E-state index in [1.54, 1.807) is 51.2 Å². The summed E-state index contributed by atoms with van der Waals surface area (Å²) in [5, 5.41) is 6.72. The molecular weight excluding hydrogens is 545 g/mol. The first-order valence-corrected chi connectivity index (χ1v) is 14.9. The molecule has 0 spiro atoms. The van der Waals surface area contributed by atoms with Crippen molar-refractivity contribution in [3.05, 3.63) is 72.3 Å². The van der Waals surface area contributed by atoms with E-state index in [1.807, 2.05) is 29.9 Å². The van der Waals surface area contributed by atoms with Crippen LogP contribution < -0.4 is 15.4 Å². The van der Waals surface area contributed by atoms with Crippen LogP contribution in [0.25, 0.3) is 16.7 Å². The number of benzene rings is 2. The second-order valence-corrected chi connectivity index (χ2v) is 13.7. The lowest BCUT2D eigenvalue weighted by molar-refractivity contribution is 0.0913. The number of carbonyl (C=O) groups is 1. The van der Waals surface area contributed by atoms with Crippen LogP contribution in [0.2, 0.25) is 0 Å². The van der Waals surface area contributed by atoms with Gasteiger partial charge in [-0.2, -0.15) is 4.98 Å². The number of aromatic nitrogens is 3. The van der Waals surface area contributed by atoms with Crippen molar-refractivity contribution in [1.82, 2.24) is 24.8 Å². The number of amides is 1. The maximum atomic E-state index is 14.9. The highest BCUT2D eigenvalue weighted by molar-refractivity contribution is 7.94. The lowest BCUT2D eigenvalue weighted by atomic mass is 10.0. The van der Waals surface area contributed by atoms with Crippen LogP contribution in [0.4, 0.5) is 21.7 Å². The molecule has 2 aromatic heterocycles. The normalized spacial score (nSPS) is 15.1. The van der Waals surface area contributed by atoms with Gasteiger partial charge in [0.05, 0.1) is 16.0 Å². The van der Waals surface area contributed by atoms with Gasteiger partial charge in [-0.15, -0.1) is 0 Å². The Kier molecular flexibility index (Phi) is 7.71. The number of nitrogens with zero attached hydrogens (tertiary/aromatic N) is 4. The average Bonchev–Trinajstić information content (AvgIpc) is 3.33. The number of piperidine rings is 1. The van der Waals surface area contributed by atoms with E-state index in [9.17, 15) is 17.6 Å². The number of hydrogen-bond donors (Lipinski definition) is 3. The molecule has 1 aliphatic heterocycles. The van der Waals surface area contributed by atoms with Gasteiger partial charge >= 0.3 is 0 Å². The molecule has 0 saturated carbocycles. The number of hydrogen-bond acceptors (Lipinski definition) is 7. The Morgan fingerprint density at radius 2 is 1.80 bits per heavy atom. The molecule has 216 valence electrons. The van der Waals surface area contributed by atoms with Gasteiger partial charge in [-0.3, -0.25) is 9.52 Å². The van der Waals surface area contributed by atoms with Crippen molar-refractivity contribution in [2.24, 2.45) is 0 Å². The van der Waals surface area contributed by atoms with E-state index >= 15 is 0 Å². The molecule has 3 N–H and O–H groups in total. The van der Waals surface area contributed by atoms with Crippen LogP contribution in [-0.4, -0.2) is 64.7 Å². The fourth-order valence-electron chi connectivity index (χ4n) is 4.54. The molecule has 1 amide bonds. The Morgan fingerprint density at radius 3 is 2.51 bits per heavy atom. The minimum absolute atomic E-state index is 0.0123. The maximum Gasteiger partial charge on any atom is 0.254 e. The van der Waals surface area contributed by atoms with Crippen molar-refractivity contribution in [3.63, 3.8) is 0 Å². The van der Waals surface area contributed by atoms with Crippen LogP contribution in [0.3, 0.4) is 0 Å². The summed E-state index contributed by atoms with van der Waals surface area (Å²) in [6, 6.07) is 13.2. The van der Waals surface area contributed by atoms with Gasteiger partial charge in [-0.25, -0.2) is 17.8 Å². The molecule has 0 atom stereocenters. The summed E-state index contributed by atoms with van der Waals surface area (Å²) in [5.41, 5.74) is 2.09. The second kappa shape index (κ2) is 11.1. The summed E-state index contributed by atoms with van der Waals surface area (Å²) >= 11 is 0. The molecular formula is C29H34FN7O3S. The van der Waals surface area contributed by atoms with Gasteiger partial charge in [0, 0.05) is 35.2 Å². The quantitative estimate of drug-likeness (QED) is 0.291. The van der Waals surface area contributed by atoms with E-state index in [0.29, 0.717) is 22.7 Å². The number of rotatable bonds is 7.